The molecule has 2 N–H and O–H groups in total. The highest BCUT2D eigenvalue weighted by Crippen LogP contribution is 2.06. The van der Waals surface area contributed by atoms with Gasteiger partial charge in [-0.3, -0.25) is 0 Å². The Balaban J connectivity index is 2.49. The Labute approximate surface area is 108 Å². The first-order chi connectivity index (χ1) is 8.44. The summed E-state index contributed by atoms with van der Waals surface area (Å²) in [7, 11) is 3.84. The van der Waals surface area contributed by atoms with Gasteiger partial charge in [0.2, 0.25) is 0 Å². The van der Waals surface area contributed by atoms with Gasteiger partial charge in [0.1, 0.15) is 11.8 Å². The normalized spacial score (nSPS) is 14.2. The van der Waals surface area contributed by atoms with E-state index < -0.39 is 5.60 Å². The standard InChI is InChI=1S/C13H20N4O/c1-13(18,10-17(2)3)9-15-8-11-5-4-6-16-12(11)7-14/h4-6,15,18H,8-10H2,1-3H3. The van der Waals surface area contributed by atoms with Gasteiger partial charge in [-0.15, -0.1) is 0 Å². The van der Waals surface area contributed by atoms with Crippen LogP contribution in [-0.4, -0.2) is 47.8 Å². The van der Waals surface area contributed by atoms with Crippen LogP contribution >= 0.6 is 0 Å². The lowest BCUT2D eigenvalue weighted by Gasteiger charge is -2.27. The first kappa shape index (κ1) is 14.6. The van der Waals surface area contributed by atoms with Crippen molar-refractivity contribution in [1.82, 2.24) is 15.2 Å². The maximum atomic E-state index is 10.1. The molecule has 1 rings (SSSR count). The monoisotopic (exact) mass is 248 g/mol. The van der Waals surface area contributed by atoms with Crippen LogP contribution in [0.3, 0.4) is 0 Å². The van der Waals surface area contributed by atoms with E-state index in [1.165, 1.54) is 0 Å². The van der Waals surface area contributed by atoms with Crippen LogP contribution in [0, 0.1) is 11.3 Å². The Kier molecular flexibility index (Phi) is 5.23. The minimum absolute atomic E-state index is 0.428. The van der Waals surface area contributed by atoms with Crippen molar-refractivity contribution < 1.29 is 5.11 Å². The maximum Gasteiger partial charge on any atom is 0.144 e. The van der Waals surface area contributed by atoms with E-state index in [9.17, 15) is 5.11 Å². The molecule has 0 bridgehead atoms. The zero-order chi connectivity index (χ0) is 13.6. The average Bonchev–Trinajstić information content (AvgIpc) is 2.27. The van der Waals surface area contributed by atoms with E-state index in [0.29, 0.717) is 25.3 Å². The van der Waals surface area contributed by atoms with Crippen molar-refractivity contribution in [3.63, 3.8) is 0 Å². The second-order valence-corrected chi connectivity index (χ2v) is 4.96. The largest absolute Gasteiger partial charge is 0.388 e. The fourth-order valence-electron chi connectivity index (χ4n) is 1.89. The third kappa shape index (κ3) is 4.80. The predicted molar refractivity (Wildman–Crippen MR) is 69.8 cm³/mol. The number of pyridine rings is 1. The summed E-state index contributed by atoms with van der Waals surface area (Å²) in [6, 6.07) is 5.72. The molecule has 1 aromatic heterocycles. The van der Waals surface area contributed by atoms with Gasteiger partial charge in [0, 0.05) is 31.4 Å². The molecule has 0 amide bonds. The van der Waals surface area contributed by atoms with E-state index >= 15 is 0 Å². The Morgan fingerprint density at radius 1 is 1.56 bits per heavy atom. The number of likely N-dealkylation sites (N-methyl/N-ethyl adjacent to an activating group) is 1. The minimum Gasteiger partial charge on any atom is -0.388 e. The molecule has 0 saturated heterocycles. The molecule has 18 heavy (non-hydrogen) atoms. The number of nitrogens with one attached hydrogen (secondary N) is 1. The molecule has 1 unspecified atom stereocenters. The van der Waals surface area contributed by atoms with E-state index in [0.717, 1.165) is 5.56 Å². The highest BCUT2D eigenvalue weighted by molar-refractivity contribution is 5.30. The van der Waals surface area contributed by atoms with Crippen LogP contribution in [0.4, 0.5) is 0 Å². The number of hydrogen-bond donors (Lipinski definition) is 2. The fourth-order valence-corrected chi connectivity index (χ4v) is 1.89. The maximum absolute atomic E-state index is 10.1. The van der Waals surface area contributed by atoms with E-state index in [1.807, 2.05) is 25.1 Å². The van der Waals surface area contributed by atoms with Gasteiger partial charge in [-0.05, 0) is 27.1 Å². The molecule has 0 aliphatic heterocycles. The number of rotatable bonds is 6. The van der Waals surface area contributed by atoms with Gasteiger partial charge in [-0.1, -0.05) is 6.07 Å². The molecule has 0 aliphatic carbocycles. The lowest BCUT2D eigenvalue weighted by Crippen LogP contribution is -2.45. The van der Waals surface area contributed by atoms with Crippen LogP contribution in [0.2, 0.25) is 0 Å². The van der Waals surface area contributed by atoms with Gasteiger partial charge in [0.25, 0.3) is 0 Å². The molecular weight excluding hydrogens is 228 g/mol. The summed E-state index contributed by atoms with van der Waals surface area (Å²) in [6.07, 6.45) is 1.60. The SMILES string of the molecule is CN(C)CC(C)(O)CNCc1cccnc1C#N. The molecule has 0 fully saturated rings. The van der Waals surface area contributed by atoms with Crippen molar-refractivity contribution in [3.8, 4) is 6.07 Å². The third-order valence-corrected chi connectivity index (χ3v) is 2.48. The van der Waals surface area contributed by atoms with Crippen LogP contribution in [-0.2, 0) is 6.54 Å². The molecule has 0 saturated carbocycles. The molecule has 5 nitrogen and oxygen atoms in total. The van der Waals surface area contributed by atoms with Gasteiger partial charge in [0.05, 0.1) is 5.60 Å². The molecule has 98 valence electrons. The molecule has 5 heteroatoms. The van der Waals surface area contributed by atoms with E-state index in [4.69, 9.17) is 5.26 Å². The zero-order valence-corrected chi connectivity index (χ0v) is 11.1. The summed E-state index contributed by atoms with van der Waals surface area (Å²) in [5.41, 5.74) is 0.483. The summed E-state index contributed by atoms with van der Waals surface area (Å²) in [6.45, 7) is 3.36. The molecule has 0 aliphatic rings. The van der Waals surface area contributed by atoms with E-state index in [1.54, 1.807) is 19.2 Å². The van der Waals surface area contributed by atoms with Crippen molar-refractivity contribution in [2.24, 2.45) is 0 Å². The molecule has 0 radical (unpaired) electrons. The van der Waals surface area contributed by atoms with Crippen molar-refractivity contribution in [3.05, 3.63) is 29.6 Å². The molecule has 0 spiro atoms. The summed E-state index contributed by atoms with van der Waals surface area (Å²) in [4.78, 5) is 5.93. The van der Waals surface area contributed by atoms with Crippen LogP contribution in [0.1, 0.15) is 18.2 Å². The number of nitriles is 1. The average molecular weight is 248 g/mol. The molecule has 1 aromatic rings. The lowest BCUT2D eigenvalue weighted by atomic mass is 10.1. The number of hydrogen-bond acceptors (Lipinski definition) is 5. The Bertz CT molecular complexity index is 423. The highest BCUT2D eigenvalue weighted by Gasteiger charge is 2.20. The molecule has 1 atom stereocenters. The summed E-state index contributed by atoms with van der Waals surface area (Å²) < 4.78 is 0. The van der Waals surface area contributed by atoms with Crippen molar-refractivity contribution >= 4 is 0 Å². The first-order valence-electron chi connectivity index (χ1n) is 5.86. The number of aliphatic hydroxyl groups is 1. The Morgan fingerprint density at radius 3 is 2.89 bits per heavy atom. The van der Waals surface area contributed by atoms with E-state index in [2.05, 4.69) is 16.4 Å². The quantitative estimate of drug-likeness (QED) is 0.760. The molecule has 0 aromatic carbocycles. The summed E-state index contributed by atoms with van der Waals surface area (Å²) in [5.74, 6) is 0. The predicted octanol–water partition coefficient (Wildman–Crippen LogP) is 0.355. The van der Waals surface area contributed by atoms with Crippen molar-refractivity contribution in [2.75, 3.05) is 27.2 Å². The van der Waals surface area contributed by atoms with Gasteiger partial charge in [-0.25, -0.2) is 4.98 Å². The topological polar surface area (TPSA) is 72.2 Å². The van der Waals surface area contributed by atoms with Gasteiger partial charge >= 0.3 is 0 Å². The smallest absolute Gasteiger partial charge is 0.144 e. The van der Waals surface area contributed by atoms with Gasteiger partial charge in [-0.2, -0.15) is 5.26 Å². The number of nitrogens with zero attached hydrogens (tertiary/aromatic N) is 3. The van der Waals surface area contributed by atoms with Crippen LogP contribution in [0.25, 0.3) is 0 Å². The van der Waals surface area contributed by atoms with Gasteiger partial charge < -0.3 is 15.3 Å². The summed E-state index contributed by atoms with van der Waals surface area (Å²) in [5, 5.41) is 22.2. The highest BCUT2D eigenvalue weighted by atomic mass is 16.3. The molecular formula is C13H20N4O. The second-order valence-electron chi connectivity index (χ2n) is 4.96. The van der Waals surface area contributed by atoms with E-state index in [-0.39, 0.29) is 0 Å². The fraction of sp³-hybridized carbons (Fsp3) is 0.538. The first-order valence-corrected chi connectivity index (χ1v) is 5.86. The van der Waals surface area contributed by atoms with Crippen molar-refractivity contribution in [2.45, 2.75) is 19.1 Å². The minimum atomic E-state index is -0.793. The molecule has 1 heterocycles. The Hall–Kier alpha value is -1.48. The lowest BCUT2D eigenvalue weighted by molar-refractivity contribution is 0.0336. The van der Waals surface area contributed by atoms with Crippen LogP contribution in [0.15, 0.2) is 18.3 Å². The summed E-state index contributed by atoms with van der Waals surface area (Å²) >= 11 is 0. The van der Waals surface area contributed by atoms with Crippen LogP contribution in [0.5, 0.6) is 0 Å². The van der Waals surface area contributed by atoms with Gasteiger partial charge in [0.15, 0.2) is 0 Å². The number of aromatic nitrogens is 1. The third-order valence-electron chi connectivity index (χ3n) is 2.48. The zero-order valence-electron chi connectivity index (χ0n) is 11.1. The Morgan fingerprint density at radius 2 is 2.28 bits per heavy atom. The van der Waals surface area contributed by atoms with Crippen LogP contribution < -0.4 is 5.32 Å². The second kappa shape index (κ2) is 6.45. The van der Waals surface area contributed by atoms with Crippen molar-refractivity contribution in [1.29, 1.82) is 5.26 Å².